The van der Waals surface area contributed by atoms with Gasteiger partial charge < -0.3 is 15.4 Å². The van der Waals surface area contributed by atoms with Crippen molar-refractivity contribution < 1.29 is 4.74 Å². The van der Waals surface area contributed by atoms with Crippen LogP contribution in [0.2, 0.25) is 0 Å². The van der Waals surface area contributed by atoms with Gasteiger partial charge in [0.1, 0.15) is 11.5 Å². The van der Waals surface area contributed by atoms with E-state index >= 15 is 0 Å². The van der Waals surface area contributed by atoms with Gasteiger partial charge in [-0.15, -0.1) is 0 Å². The van der Waals surface area contributed by atoms with Crippen LogP contribution >= 0.6 is 0 Å². The van der Waals surface area contributed by atoms with Crippen molar-refractivity contribution in [1.29, 1.82) is 0 Å². The summed E-state index contributed by atoms with van der Waals surface area (Å²) in [5, 5.41) is 6.89. The molecule has 0 bridgehead atoms. The topological polar surface area (TPSA) is 33.3 Å². The quantitative estimate of drug-likeness (QED) is 0.551. The van der Waals surface area contributed by atoms with Crippen LogP contribution in [0.25, 0.3) is 0 Å². The van der Waals surface area contributed by atoms with Crippen LogP contribution in [0.5, 0.6) is 11.5 Å². The first kappa shape index (κ1) is 16.9. The van der Waals surface area contributed by atoms with Crippen molar-refractivity contribution in [2.75, 3.05) is 23.7 Å². The number of rotatable bonds is 7. The molecule has 0 saturated heterocycles. The van der Waals surface area contributed by atoms with Gasteiger partial charge >= 0.3 is 0 Å². The number of hydrogen-bond donors (Lipinski definition) is 2. The molecule has 3 rings (SSSR count). The molecule has 0 saturated carbocycles. The van der Waals surface area contributed by atoms with E-state index in [9.17, 15) is 0 Å². The molecule has 25 heavy (non-hydrogen) atoms. The second-order valence-electron chi connectivity index (χ2n) is 6.11. The fourth-order valence-corrected chi connectivity index (χ4v) is 2.68. The minimum atomic E-state index is 0.838. The SMILES string of the molecule is Cc1ccc(NCCNc2ccc(Oc3ccccc3)cc2)c(C)c1. The standard InChI is InChI=1S/C22H24N2O/c1-17-8-13-22(18(2)16-17)24-15-14-23-19-9-11-21(12-10-19)25-20-6-4-3-5-7-20/h3-13,16,23-24H,14-15H2,1-2H3. The molecule has 3 aromatic rings. The Morgan fingerprint density at radius 3 is 2.12 bits per heavy atom. The van der Waals surface area contributed by atoms with Crippen molar-refractivity contribution in [3.63, 3.8) is 0 Å². The molecule has 0 aliphatic heterocycles. The smallest absolute Gasteiger partial charge is 0.127 e. The van der Waals surface area contributed by atoms with Crippen LogP contribution in [0.3, 0.4) is 0 Å². The Morgan fingerprint density at radius 1 is 0.720 bits per heavy atom. The molecule has 0 fully saturated rings. The van der Waals surface area contributed by atoms with Crippen LogP contribution in [-0.2, 0) is 0 Å². The second-order valence-corrected chi connectivity index (χ2v) is 6.11. The van der Waals surface area contributed by atoms with Crippen molar-refractivity contribution >= 4 is 11.4 Å². The van der Waals surface area contributed by atoms with Crippen LogP contribution < -0.4 is 15.4 Å². The average molecular weight is 332 g/mol. The Hall–Kier alpha value is -2.94. The molecule has 0 amide bonds. The van der Waals surface area contributed by atoms with Gasteiger partial charge in [-0.3, -0.25) is 0 Å². The fraction of sp³-hybridized carbons (Fsp3) is 0.182. The minimum absolute atomic E-state index is 0.838. The maximum absolute atomic E-state index is 5.80. The summed E-state index contributed by atoms with van der Waals surface area (Å²) in [7, 11) is 0. The van der Waals surface area contributed by atoms with Gasteiger partial charge in [-0.1, -0.05) is 35.9 Å². The Kier molecular flexibility index (Phi) is 5.57. The lowest BCUT2D eigenvalue weighted by molar-refractivity contribution is 0.483. The molecule has 0 radical (unpaired) electrons. The summed E-state index contributed by atoms with van der Waals surface area (Å²) >= 11 is 0. The summed E-state index contributed by atoms with van der Waals surface area (Å²) in [6.45, 7) is 5.97. The first-order valence-corrected chi connectivity index (χ1v) is 8.59. The Bertz CT molecular complexity index is 798. The van der Waals surface area contributed by atoms with Crippen LogP contribution in [0.15, 0.2) is 72.8 Å². The maximum Gasteiger partial charge on any atom is 0.127 e. The molecule has 0 aliphatic carbocycles. The zero-order valence-electron chi connectivity index (χ0n) is 14.8. The zero-order chi connectivity index (χ0) is 17.5. The number of anilines is 2. The highest BCUT2D eigenvalue weighted by Crippen LogP contribution is 2.22. The Balaban J connectivity index is 1.45. The van der Waals surface area contributed by atoms with Gasteiger partial charge in [-0.05, 0) is 61.9 Å². The number of nitrogens with one attached hydrogen (secondary N) is 2. The molecule has 128 valence electrons. The molecule has 0 aromatic heterocycles. The molecule has 3 nitrogen and oxygen atoms in total. The van der Waals surface area contributed by atoms with E-state index in [-0.39, 0.29) is 0 Å². The Labute approximate surface area is 149 Å². The van der Waals surface area contributed by atoms with Gasteiger partial charge in [0.15, 0.2) is 0 Å². The summed E-state index contributed by atoms with van der Waals surface area (Å²) in [5.74, 6) is 1.69. The number of hydrogen-bond acceptors (Lipinski definition) is 3. The highest BCUT2D eigenvalue weighted by atomic mass is 16.5. The minimum Gasteiger partial charge on any atom is -0.457 e. The molecule has 0 unspecified atom stereocenters. The molecular weight excluding hydrogens is 308 g/mol. The van der Waals surface area contributed by atoms with E-state index in [1.54, 1.807) is 0 Å². The molecule has 3 aromatic carbocycles. The van der Waals surface area contributed by atoms with Gasteiger partial charge in [0.2, 0.25) is 0 Å². The van der Waals surface area contributed by atoms with Gasteiger partial charge in [-0.25, -0.2) is 0 Å². The third-order valence-corrected chi connectivity index (χ3v) is 3.98. The summed E-state index contributed by atoms with van der Waals surface area (Å²) in [6.07, 6.45) is 0. The van der Waals surface area contributed by atoms with E-state index in [0.717, 1.165) is 30.3 Å². The summed E-state index contributed by atoms with van der Waals surface area (Å²) in [5.41, 5.74) is 4.85. The van der Waals surface area contributed by atoms with Crippen LogP contribution in [0.4, 0.5) is 11.4 Å². The maximum atomic E-state index is 5.80. The lowest BCUT2D eigenvalue weighted by Crippen LogP contribution is -2.14. The van der Waals surface area contributed by atoms with E-state index < -0.39 is 0 Å². The fourth-order valence-electron chi connectivity index (χ4n) is 2.68. The van der Waals surface area contributed by atoms with Crippen molar-refractivity contribution in [1.82, 2.24) is 0 Å². The van der Waals surface area contributed by atoms with Crippen molar-refractivity contribution in [3.05, 3.63) is 83.9 Å². The first-order chi connectivity index (χ1) is 12.2. The van der Waals surface area contributed by atoms with E-state index in [1.165, 1.54) is 16.8 Å². The number of aryl methyl sites for hydroxylation is 2. The third-order valence-electron chi connectivity index (χ3n) is 3.98. The van der Waals surface area contributed by atoms with Crippen LogP contribution in [-0.4, -0.2) is 13.1 Å². The van der Waals surface area contributed by atoms with E-state index in [4.69, 9.17) is 4.74 Å². The predicted molar refractivity (Wildman–Crippen MR) is 106 cm³/mol. The largest absolute Gasteiger partial charge is 0.457 e. The zero-order valence-corrected chi connectivity index (χ0v) is 14.8. The van der Waals surface area contributed by atoms with Gasteiger partial charge in [-0.2, -0.15) is 0 Å². The van der Waals surface area contributed by atoms with Crippen molar-refractivity contribution in [2.24, 2.45) is 0 Å². The summed E-state index contributed by atoms with van der Waals surface area (Å²) < 4.78 is 5.80. The molecule has 0 heterocycles. The van der Waals surface area contributed by atoms with Gasteiger partial charge in [0, 0.05) is 24.5 Å². The summed E-state index contributed by atoms with van der Waals surface area (Å²) in [4.78, 5) is 0. The lowest BCUT2D eigenvalue weighted by atomic mass is 10.1. The summed E-state index contributed by atoms with van der Waals surface area (Å²) in [6, 6.07) is 24.3. The Morgan fingerprint density at radius 2 is 1.40 bits per heavy atom. The molecule has 0 aliphatic rings. The molecule has 0 spiro atoms. The van der Waals surface area contributed by atoms with E-state index in [1.807, 2.05) is 54.6 Å². The third kappa shape index (κ3) is 5.01. The van der Waals surface area contributed by atoms with Gasteiger partial charge in [0.05, 0.1) is 0 Å². The van der Waals surface area contributed by atoms with Crippen LogP contribution in [0.1, 0.15) is 11.1 Å². The number of benzene rings is 3. The van der Waals surface area contributed by atoms with Crippen molar-refractivity contribution in [2.45, 2.75) is 13.8 Å². The normalized spacial score (nSPS) is 10.3. The van der Waals surface area contributed by atoms with E-state index in [0.29, 0.717) is 0 Å². The second kappa shape index (κ2) is 8.25. The number of ether oxygens (including phenoxy) is 1. The molecule has 0 atom stereocenters. The average Bonchev–Trinajstić information content (AvgIpc) is 2.62. The van der Waals surface area contributed by atoms with Gasteiger partial charge in [0.25, 0.3) is 0 Å². The molecule has 3 heteroatoms. The van der Waals surface area contributed by atoms with Crippen molar-refractivity contribution in [3.8, 4) is 11.5 Å². The van der Waals surface area contributed by atoms with Crippen LogP contribution in [0, 0.1) is 13.8 Å². The van der Waals surface area contributed by atoms with E-state index in [2.05, 4.69) is 42.7 Å². The molecular formula is C22H24N2O. The predicted octanol–water partition coefficient (Wildman–Crippen LogP) is 5.62. The highest BCUT2D eigenvalue weighted by molar-refractivity contribution is 5.52. The molecule has 2 N–H and O–H groups in total. The highest BCUT2D eigenvalue weighted by Gasteiger charge is 1.99. The lowest BCUT2D eigenvalue weighted by Gasteiger charge is -2.12. The monoisotopic (exact) mass is 332 g/mol. The number of para-hydroxylation sites is 1. The first-order valence-electron chi connectivity index (χ1n) is 8.59.